The average molecular weight is 264 g/mol. The number of rotatable bonds is 2. The van der Waals surface area contributed by atoms with E-state index in [1.807, 2.05) is 25.1 Å². The van der Waals surface area contributed by atoms with Crippen molar-refractivity contribution in [2.75, 3.05) is 0 Å². The second-order valence-electron chi connectivity index (χ2n) is 4.97. The highest BCUT2D eigenvalue weighted by Gasteiger charge is 2.09. The second kappa shape index (κ2) is 5.02. The molecule has 0 saturated heterocycles. The molecule has 3 heteroatoms. The van der Waals surface area contributed by atoms with Gasteiger partial charge in [-0.2, -0.15) is 0 Å². The van der Waals surface area contributed by atoms with Crippen LogP contribution in [-0.2, 0) is 0 Å². The lowest BCUT2D eigenvalue weighted by Gasteiger charge is -2.09. The third kappa shape index (κ3) is 2.28. The number of nitrogens with zero attached hydrogens (tertiary/aromatic N) is 2. The molecule has 1 heterocycles. The first-order valence-corrected chi connectivity index (χ1v) is 6.66. The minimum atomic E-state index is -0.541. The summed E-state index contributed by atoms with van der Waals surface area (Å²) in [4.78, 5) is 8.87. The summed E-state index contributed by atoms with van der Waals surface area (Å²) in [6.45, 7) is 3.62. The van der Waals surface area contributed by atoms with Gasteiger partial charge in [-0.15, -0.1) is 0 Å². The van der Waals surface area contributed by atoms with Gasteiger partial charge >= 0.3 is 0 Å². The Hall–Kier alpha value is -2.26. The van der Waals surface area contributed by atoms with Gasteiger partial charge in [0.2, 0.25) is 0 Å². The molecule has 0 aliphatic heterocycles. The number of aromatic nitrogens is 2. The smallest absolute Gasteiger partial charge is 0.159 e. The van der Waals surface area contributed by atoms with Gasteiger partial charge in [-0.25, -0.2) is 9.97 Å². The number of hydrogen-bond acceptors (Lipinski definition) is 3. The van der Waals surface area contributed by atoms with Crippen LogP contribution in [0.1, 0.15) is 24.3 Å². The molecular formula is C17H16N2O. The van der Waals surface area contributed by atoms with Gasteiger partial charge in [-0.05, 0) is 30.7 Å². The van der Waals surface area contributed by atoms with Gasteiger partial charge in [-0.1, -0.05) is 36.4 Å². The van der Waals surface area contributed by atoms with Crippen molar-refractivity contribution in [1.82, 2.24) is 9.97 Å². The van der Waals surface area contributed by atoms with Crippen LogP contribution >= 0.6 is 0 Å². The molecule has 0 saturated carbocycles. The lowest BCUT2D eigenvalue weighted by molar-refractivity contribution is 0.197. The molecule has 2 aromatic carbocycles. The summed E-state index contributed by atoms with van der Waals surface area (Å²) in [5.74, 6) is 0.692. The molecule has 3 aromatic rings. The largest absolute Gasteiger partial charge is 0.389 e. The molecular weight excluding hydrogens is 248 g/mol. The van der Waals surface area contributed by atoms with Crippen LogP contribution in [-0.4, -0.2) is 15.1 Å². The molecule has 0 aliphatic carbocycles. The van der Waals surface area contributed by atoms with Gasteiger partial charge in [0.15, 0.2) is 5.82 Å². The monoisotopic (exact) mass is 264 g/mol. The number of benzene rings is 2. The zero-order valence-electron chi connectivity index (χ0n) is 11.5. The molecule has 0 radical (unpaired) electrons. The van der Waals surface area contributed by atoms with Gasteiger partial charge in [0.05, 0.1) is 6.10 Å². The van der Waals surface area contributed by atoms with E-state index < -0.39 is 6.10 Å². The van der Waals surface area contributed by atoms with Crippen LogP contribution in [0, 0.1) is 6.92 Å². The summed E-state index contributed by atoms with van der Waals surface area (Å²) in [5, 5.41) is 12.0. The van der Waals surface area contributed by atoms with E-state index in [1.54, 1.807) is 13.1 Å². The van der Waals surface area contributed by atoms with Gasteiger partial charge in [0.25, 0.3) is 0 Å². The van der Waals surface area contributed by atoms with Crippen molar-refractivity contribution in [2.24, 2.45) is 0 Å². The fourth-order valence-corrected chi connectivity index (χ4v) is 2.35. The van der Waals surface area contributed by atoms with E-state index in [4.69, 9.17) is 0 Å². The van der Waals surface area contributed by atoms with Crippen molar-refractivity contribution in [3.63, 3.8) is 0 Å². The third-order valence-electron chi connectivity index (χ3n) is 3.48. The van der Waals surface area contributed by atoms with Crippen molar-refractivity contribution in [1.29, 1.82) is 0 Å². The Bertz CT molecular complexity index is 766. The highest BCUT2D eigenvalue weighted by Crippen LogP contribution is 2.23. The molecule has 1 N–H and O–H groups in total. The van der Waals surface area contributed by atoms with Crippen LogP contribution in [0.4, 0.5) is 0 Å². The molecule has 0 spiro atoms. The van der Waals surface area contributed by atoms with E-state index in [0.717, 1.165) is 16.8 Å². The van der Waals surface area contributed by atoms with Crippen LogP contribution in [0.25, 0.3) is 22.2 Å². The normalized spacial score (nSPS) is 12.6. The Kier molecular flexibility index (Phi) is 3.20. The lowest BCUT2D eigenvalue weighted by Crippen LogP contribution is -2.01. The van der Waals surface area contributed by atoms with Crippen LogP contribution in [0.15, 0.2) is 48.7 Å². The summed E-state index contributed by atoms with van der Waals surface area (Å²) < 4.78 is 0. The maximum Gasteiger partial charge on any atom is 0.159 e. The summed E-state index contributed by atoms with van der Waals surface area (Å²) in [6.07, 6.45) is 1.16. The van der Waals surface area contributed by atoms with E-state index in [-0.39, 0.29) is 0 Å². The Balaban J connectivity index is 2.08. The Morgan fingerprint density at radius 3 is 2.50 bits per heavy atom. The predicted molar refractivity (Wildman–Crippen MR) is 80.3 cm³/mol. The molecule has 0 amide bonds. The first-order chi connectivity index (χ1) is 9.65. The predicted octanol–water partition coefficient (Wildman–Crippen LogP) is 3.66. The molecule has 0 aliphatic rings. The standard InChI is InChI=1S/C17H16N2O/c1-11-16(12(2)20)10-18-17(19-11)15-8-7-13-5-3-4-6-14(13)9-15/h3-10,12,20H,1-2H3/t12-/m0/s1. The summed E-state index contributed by atoms with van der Waals surface area (Å²) in [7, 11) is 0. The van der Waals surface area contributed by atoms with Crippen molar-refractivity contribution in [3.05, 3.63) is 59.9 Å². The first-order valence-electron chi connectivity index (χ1n) is 6.66. The topological polar surface area (TPSA) is 46.0 Å². The minimum Gasteiger partial charge on any atom is -0.389 e. The summed E-state index contributed by atoms with van der Waals surface area (Å²) in [6, 6.07) is 14.4. The fourth-order valence-electron chi connectivity index (χ4n) is 2.35. The average Bonchev–Trinajstić information content (AvgIpc) is 2.46. The summed E-state index contributed by atoms with van der Waals surface area (Å²) >= 11 is 0. The Labute approximate surface area is 117 Å². The zero-order valence-corrected chi connectivity index (χ0v) is 11.5. The third-order valence-corrected chi connectivity index (χ3v) is 3.48. The molecule has 20 heavy (non-hydrogen) atoms. The van der Waals surface area contributed by atoms with Crippen molar-refractivity contribution in [2.45, 2.75) is 20.0 Å². The molecule has 0 fully saturated rings. The van der Waals surface area contributed by atoms with E-state index in [9.17, 15) is 5.11 Å². The summed E-state index contributed by atoms with van der Waals surface area (Å²) in [5.41, 5.74) is 2.58. The van der Waals surface area contributed by atoms with Crippen LogP contribution < -0.4 is 0 Å². The van der Waals surface area contributed by atoms with E-state index in [0.29, 0.717) is 5.82 Å². The van der Waals surface area contributed by atoms with Crippen LogP contribution in [0.3, 0.4) is 0 Å². The highest BCUT2D eigenvalue weighted by atomic mass is 16.3. The quantitative estimate of drug-likeness (QED) is 0.768. The maximum absolute atomic E-state index is 9.63. The number of aliphatic hydroxyl groups is 1. The minimum absolute atomic E-state index is 0.541. The number of hydrogen-bond donors (Lipinski definition) is 1. The zero-order chi connectivity index (χ0) is 14.1. The highest BCUT2D eigenvalue weighted by molar-refractivity contribution is 5.86. The lowest BCUT2D eigenvalue weighted by atomic mass is 10.1. The SMILES string of the molecule is Cc1nc(-c2ccc3ccccc3c2)ncc1[C@H](C)O. The van der Waals surface area contributed by atoms with Crippen LogP contribution in [0.2, 0.25) is 0 Å². The van der Waals surface area contributed by atoms with Gasteiger partial charge in [0.1, 0.15) is 0 Å². The van der Waals surface area contributed by atoms with E-state index >= 15 is 0 Å². The number of fused-ring (bicyclic) bond motifs is 1. The maximum atomic E-state index is 9.63. The number of aryl methyl sites for hydroxylation is 1. The second-order valence-corrected chi connectivity index (χ2v) is 4.97. The molecule has 3 nitrogen and oxygen atoms in total. The molecule has 100 valence electrons. The molecule has 3 rings (SSSR count). The van der Waals surface area contributed by atoms with E-state index in [2.05, 4.69) is 34.2 Å². The number of aliphatic hydroxyl groups excluding tert-OH is 1. The van der Waals surface area contributed by atoms with E-state index in [1.165, 1.54) is 10.8 Å². The van der Waals surface area contributed by atoms with Crippen molar-refractivity contribution in [3.8, 4) is 11.4 Å². The van der Waals surface area contributed by atoms with Gasteiger partial charge in [0, 0.05) is 23.0 Å². The molecule has 0 unspecified atom stereocenters. The molecule has 1 aromatic heterocycles. The molecule has 1 atom stereocenters. The van der Waals surface area contributed by atoms with Crippen molar-refractivity contribution < 1.29 is 5.11 Å². The first kappa shape index (κ1) is 12.8. The van der Waals surface area contributed by atoms with Gasteiger partial charge in [-0.3, -0.25) is 0 Å². The van der Waals surface area contributed by atoms with Crippen LogP contribution in [0.5, 0.6) is 0 Å². The Morgan fingerprint density at radius 1 is 1.05 bits per heavy atom. The Morgan fingerprint density at radius 2 is 1.80 bits per heavy atom. The van der Waals surface area contributed by atoms with Gasteiger partial charge < -0.3 is 5.11 Å². The fraction of sp³-hybridized carbons (Fsp3) is 0.176. The molecule has 0 bridgehead atoms. The van der Waals surface area contributed by atoms with Crippen molar-refractivity contribution >= 4 is 10.8 Å².